The van der Waals surface area contributed by atoms with E-state index < -0.39 is 34.0 Å². The van der Waals surface area contributed by atoms with E-state index in [0.29, 0.717) is 39.1 Å². The molecule has 16 heteroatoms. The van der Waals surface area contributed by atoms with E-state index in [1.54, 1.807) is 4.90 Å². The van der Waals surface area contributed by atoms with E-state index in [-0.39, 0.29) is 58.6 Å². The van der Waals surface area contributed by atoms with E-state index in [1.807, 2.05) is 11.9 Å². The molecule has 3 aliphatic rings. The van der Waals surface area contributed by atoms with Gasteiger partial charge in [-0.1, -0.05) is 23.2 Å². The summed E-state index contributed by atoms with van der Waals surface area (Å²) in [6, 6.07) is 1.73. The van der Waals surface area contributed by atoms with Gasteiger partial charge in [-0.3, -0.25) is 9.59 Å². The van der Waals surface area contributed by atoms with Gasteiger partial charge in [0.1, 0.15) is 12.1 Å². The number of rotatable bonds is 10. The zero-order valence-corrected chi connectivity index (χ0v) is 28.0. The minimum atomic E-state index is -4.10. The summed E-state index contributed by atoms with van der Waals surface area (Å²) in [5, 5.41) is 5.94. The van der Waals surface area contributed by atoms with Crippen molar-refractivity contribution >= 4 is 57.0 Å². The number of hydrogen-bond donors (Lipinski definition) is 2. The summed E-state index contributed by atoms with van der Waals surface area (Å²) < 4.78 is 32.7. The number of benzene rings is 1. The summed E-state index contributed by atoms with van der Waals surface area (Å²) in [7, 11) is -0.878. The van der Waals surface area contributed by atoms with Gasteiger partial charge in [0.05, 0.1) is 12.0 Å². The summed E-state index contributed by atoms with van der Waals surface area (Å²) in [5.41, 5.74) is 0. The standard InChI is InChI=1S/C29H42Cl2N6O7S/c1-34-12-14-36(15-13-34)29(41)32-19-20-7-10-35(11-8-20)26(38)6-5-24(28(40)44-2)33-27(39)25-4-3-9-37(25)45(42,43)23-17-21(30)16-22(31)18-23/h16-18,20,24-25H,3-15,19H2,1-2H3,(H,32,41)(H,33,39)/t24?,25-/m1/s1. The first kappa shape index (κ1) is 35.2. The van der Waals surface area contributed by atoms with Gasteiger partial charge < -0.3 is 30.1 Å². The molecular weight excluding hydrogens is 647 g/mol. The van der Waals surface area contributed by atoms with Gasteiger partial charge in [-0.2, -0.15) is 4.31 Å². The number of methoxy groups -OCH3 is 1. The summed E-state index contributed by atoms with van der Waals surface area (Å²) in [4.78, 5) is 57.0. The molecule has 0 bridgehead atoms. The first-order valence-corrected chi connectivity index (χ1v) is 17.4. The number of piperidine rings is 1. The van der Waals surface area contributed by atoms with Crippen molar-refractivity contribution in [3.63, 3.8) is 0 Å². The predicted octanol–water partition coefficient (Wildman–Crippen LogP) is 1.78. The number of likely N-dealkylation sites (N-methyl/N-ethyl adjacent to an activating group) is 1. The number of likely N-dealkylation sites (tertiary alicyclic amines) is 1. The van der Waals surface area contributed by atoms with Crippen LogP contribution in [0.4, 0.5) is 4.79 Å². The lowest BCUT2D eigenvalue weighted by atomic mass is 9.96. The third-order valence-corrected chi connectivity index (χ3v) is 11.0. The Hall–Kier alpha value is -2.65. The highest BCUT2D eigenvalue weighted by Gasteiger charge is 2.41. The molecule has 45 heavy (non-hydrogen) atoms. The van der Waals surface area contributed by atoms with Gasteiger partial charge in [-0.25, -0.2) is 18.0 Å². The Morgan fingerprint density at radius 1 is 0.933 bits per heavy atom. The van der Waals surface area contributed by atoms with E-state index in [1.165, 1.54) is 25.3 Å². The van der Waals surface area contributed by atoms with Gasteiger partial charge in [0.2, 0.25) is 21.8 Å². The minimum Gasteiger partial charge on any atom is -0.467 e. The lowest BCUT2D eigenvalue weighted by Crippen LogP contribution is -2.52. The van der Waals surface area contributed by atoms with E-state index in [2.05, 4.69) is 15.5 Å². The van der Waals surface area contributed by atoms with Crippen molar-refractivity contribution in [2.75, 3.05) is 66.5 Å². The molecule has 2 N–H and O–H groups in total. The number of carbonyl (C=O) groups excluding carboxylic acids is 4. The number of carbonyl (C=O) groups is 4. The lowest BCUT2D eigenvalue weighted by molar-refractivity contribution is -0.146. The number of esters is 1. The molecule has 0 aromatic heterocycles. The highest BCUT2D eigenvalue weighted by molar-refractivity contribution is 7.89. The van der Waals surface area contributed by atoms with E-state index in [4.69, 9.17) is 27.9 Å². The smallest absolute Gasteiger partial charge is 0.328 e. The summed E-state index contributed by atoms with van der Waals surface area (Å²) in [6.45, 7) is 4.86. The lowest BCUT2D eigenvalue weighted by Gasteiger charge is -2.34. The second-order valence-electron chi connectivity index (χ2n) is 11.8. The molecule has 0 saturated carbocycles. The summed E-state index contributed by atoms with van der Waals surface area (Å²) in [5.74, 6) is -1.26. The molecule has 0 radical (unpaired) electrons. The third kappa shape index (κ3) is 9.22. The normalized spacial score (nSPS) is 20.9. The topological polar surface area (TPSA) is 149 Å². The van der Waals surface area contributed by atoms with Crippen LogP contribution in [0.5, 0.6) is 0 Å². The molecule has 1 aromatic carbocycles. The van der Waals surface area contributed by atoms with Crippen molar-refractivity contribution in [1.29, 1.82) is 0 Å². The van der Waals surface area contributed by atoms with Crippen LogP contribution >= 0.6 is 23.2 Å². The molecule has 0 spiro atoms. The first-order valence-electron chi connectivity index (χ1n) is 15.2. The molecule has 250 valence electrons. The highest BCUT2D eigenvalue weighted by atomic mass is 35.5. The second-order valence-corrected chi connectivity index (χ2v) is 14.6. The second kappa shape index (κ2) is 15.8. The fraction of sp³-hybridized carbons (Fsp3) is 0.655. The Labute approximate surface area is 274 Å². The van der Waals surface area contributed by atoms with Crippen LogP contribution in [-0.4, -0.2) is 130 Å². The molecule has 1 unspecified atom stereocenters. The number of nitrogens with one attached hydrogen (secondary N) is 2. The number of nitrogens with zero attached hydrogens (tertiary/aromatic N) is 4. The molecular formula is C29H42Cl2N6O7S. The molecule has 13 nitrogen and oxygen atoms in total. The average Bonchev–Trinajstić information content (AvgIpc) is 3.53. The molecule has 2 atom stereocenters. The maximum Gasteiger partial charge on any atom is 0.328 e. The Kier molecular flexibility index (Phi) is 12.3. The van der Waals surface area contributed by atoms with Crippen LogP contribution in [0.2, 0.25) is 10.0 Å². The van der Waals surface area contributed by atoms with Crippen molar-refractivity contribution < 1.29 is 32.3 Å². The number of urea groups is 1. The number of halogens is 2. The number of piperazine rings is 1. The molecule has 3 aliphatic heterocycles. The van der Waals surface area contributed by atoms with Crippen molar-refractivity contribution in [1.82, 2.24) is 29.6 Å². The van der Waals surface area contributed by atoms with Gasteiger partial charge in [0, 0.05) is 68.8 Å². The number of sulfonamides is 1. The molecule has 3 heterocycles. The molecule has 4 amide bonds. The van der Waals surface area contributed by atoms with Crippen LogP contribution < -0.4 is 10.6 Å². The maximum atomic E-state index is 13.4. The van der Waals surface area contributed by atoms with Crippen LogP contribution in [0.1, 0.15) is 38.5 Å². The van der Waals surface area contributed by atoms with Crippen molar-refractivity contribution in [3.05, 3.63) is 28.2 Å². The van der Waals surface area contributed by atoms with Crippen LogP contribution in [0.25, 0.3) is 0 Å². The van der Waals surface area contributed by atoms with Crippen molar-refractivity contribution in [3.8, 4) is 0 Å². The molecule has 3 fully saturated rings. The fourth-order valence-corrected chi connectivity index (χ4v) is 8.31. The number of amides is 4. The Balaban J connectivity index is 1.26. The SMILES string of the molecule is COC(=O)C(CCC(=O)N1CCC(CNC(=O)N2CCN(C)CC2)CC1)NC(=O)[C@H]1CCCN1S(=O)(=O)c1cc(Cl)cc(Cl)c1. The predicted molar refractivity (Wildman–Crippen MR) is 168 cm³/mol. The summed E-state index contributed by atoms with van der Waals surface area (Å²) in [6.07, 6.45) is 2.20. The zero-order chi connectivity index (χ0) is 32.7. The van der Waals surface area contributed by atoms with Gasteiger partial charge >= 0.3 is 12.0 Å². The quantitative estimate of drug-likeness (QED) is 0.354. The van der Waals surface area contributed by atoms with Crippen LogP contribution in [0, 0.1) is 5.92 Å². The molecule has 4 rings (SSSR count). The summed E-state index contributed by atoms with van der Waals surface area (Å²) >= 11 is 12.0. The van der Waals surface area contributed by atoms with Crippen LogP contribution in [0.3, 0.4) is 0 Å². The first-order chi connectivity index (χ1) is 21.4. The Bertz CT molecular complexity index is 1330. The van der Waals surface area contributed by atoms with Gasteiger partial charge in [-0.15, -0.1) is 0 Å². The van der Waals surface area contributed by atoms with Crippen molar-refractivity contribution in [2.45, 2.75) is 55.5 Å². The van der Waals surface area contributed by atoms with Crippen molar-refractivity contribution in [2.24, 2.45) is 5.92 Å². The van der Waals surface area contributed by atoms with E-state index in [9.17, 15) is 27.6 Å². The maximum absolute atomic E-state index is 13.4. The minimum absolute atomic E-state index is 0.00144. The average molecular weight is 690 g/mol. The zero-order valence-electron chi connectivity index (χ0n) is 25.7. The fourth-order valence-electron chi connectivity index (χ4n) is 5.93. The molecule has 3 saturated heterocycles. The Morgan fingerprint density at radius 2 is 1.58 bits per heavy atom. The van der Waals surface area contributed by atoms with Gasteiger partial charge in [0.25, 0.3) is 0 Å². The highest BCUT2D eigenvalue weighted by Crippen LogP contribution is 2.30. The molecule has 0 aliphatic carbocycles. The largest absolute Gasteiger partial charge is 0.467 e. The van der Waals surface area contributed by atoms with Gasteiger partial charge in [0.15, 0.2) is 0 Å². The van der Waals surface area contributed by atoms with Gasteiger partial charge in [-0.05, 0) is 63.3 Å². The number of hydrogen-bond acceptors (Lipinski definition) is 8. The monoisotopic (exact) mass is 688 g/mol. The molecule has 1 aromatic rings. The Morgan fingerprint density at radius 3 is 2.20 bits per heavy atom. The van der Waals surface area contributed by atoms with E-state index in [0.717, 1.165) is 30.2 Å². The van der Waals surface area contributed by atoms with E-state index >= 15 is 0 Å². The van der Waals surface area contributed by atoms with Crippen LogP contribution in [0.15, 0.2) is 23.1 Å². The number of ether oxygens (including phenoxy) is 1. The third-order valence-electron chi connectivity index (χ3n) is 8.70. The van der Waals surface area contributed by atoms with Crippen LogP contribution in [-0.2, 0) is 29.1 Å².